The Bertz CT molecular complexity index is 721. The van der Waals surface area contributed by atoms with Crippen molar-refractivity contribution in [1.29, 1.82) is 5.26 Å². The first-order chi connectivity index (χ1) is 10.1. The van der Waals surface area contributed by atoms with E-state index in [1.165, 1.54) is 22.1 Å². The Morgan fingerprint density at radius 1 is 1.52 bits per heavy atom. The highest BCUT2D eigenvalue weighted by Crippen LogP contribution is 2.43. The summed E-state index contributed by atoms with van der Waals surface area (Å²) in [6.07, 6.45) is 3.27. The van der Waals surface area contributed by atoms with Gasteiger partial charge in [0, 0.05) is 6.20 Å². The second-order valence-electron chi connectivity index (χ2n) is 4.48. The van der Waals surface area contributed by atoms with Crippen LogP contribution in [0.3, 0.4) is 0 Å². The highest BCUT2D eigenvalue weighted by molar-refractivity contribution is 8.03. The molecule has 0 saturated carbocycles. The number of nitriles is 1. The Kier molecular flexibility index (Phi) is 3.23. The number of carboxylic acid groups (broad SMARTS) is 1. The standard InChI is InChI=1S/C14H9N3O3S/c15-6-8-7-21-13-10(5-9-3-1-2-4-16-9)12(18)17(13)11(8)14(19)20/h1-5,7,11,13H,(H,19,20)/t11?,13-/m0/s1. The molecule has 0 radical (unpaired) electrons. The lowest BCUT2D eigenvalue weighted by Gasteiger charge is -2.46. The molecular weight excluding hydrogens is 290 g/mol. The molecule has 1 unspecified atom stereocenters. The summed E-state index contributed by atoms with van der Waals surface area (Å²) in [6.45, 7) is 0. The summed E-state index contributed by atoms with van der Waals surface area (Å²) in [5.41, 5.74) is 1.22. The summed E-state index contributed by atoms with van der Waals surface area (Å²) >= 11 is 1.26. The second kappa shape index (κ2) is 5.07. The third kappa shape index (κ3) is 2.10. The molecule has 21 heavy (non-hydrogen) atoms. The van der Waals surface area contributed by atoms with E-state index in [0.717, 1.165) is 0 Å². The summed E-state index contributed by atoms with van der Waals surface area (Å²) < 4.78 is 0. The van der Waals surface area contributed by atoms with Gasteiger partial charge in [-0.1, -0.05) is 6.07 Å². The first-order valence-electron chi connectivity index (χ1n) is 6.07. The van der Waals surface area contributed by atoms with E-state index in [2.05, 4.69) is 4.98 Å². The van der Waals surface area contributed by atoms with Gasteiger partial charge in [0.25, 0.3) is 5.91 Å². The van der Waals surface area contributed by atoms with E-state index in [4.69, 9.17) is 5.26 Å². The second-order valence-corrected chi connectivity index (χ2v) is 5.44. The van der Waals surface area contributed by atoms with E-state index >= 15 is 0 Å². The molecule has 0 aliphatic carbocycles. The highest BCUT2D eigenvalue weighted by Gasteiger charge is 2.51. The average Bonchev–Trinajstić information content (AvgIpc) is 2.51. The number of carbonyl (C=O) groups excluding carboxylic acids is 1. The van der Waals surface area contributed by atoms with Crippen LogP contribution in [0.1, 0.15) is 5.69 Å². The normalized spacial score (nSPS) is 25.7. The van der Waals surface area contributed by atoms with Crippen molar-refractivity contribution in [3.63, 3.8) is 0 Å². The average molecular weight is 299 g/mol. The number of carboxylic acids is 1. The lowest BCUT2D eigenvalue weighted by Crippen LogP contribution is -2.61. The summed E-state index contributed by atoms with van der Waals surface area (Å²) in [5.74, 6) is -1.57. The van der Waals surface area contributed by atoms with Crippen molar-refractivity contribution in [2.45, 2.75) is 11.4 Å². The summed E-state index contributed by atoms with van der Waals surface area (Å²) in [7, 11) is 0. The number of nitrogens with zero attached hydrogens (tertiary/aromatic N) is 3. The molecule has 0 aromatic carbocycles. The third-order valence-corrected chi connectivity index (χ3v) is 4.38. The molecular formula is C14H9N3O3S. The zero-order valence-corrected chi connectivity index (χ0v) is 11.4. The van der Waals surface area contributed by atoms with Crippen LogP contribution < -0.4 is 0 Å². The number of aliphatic carboxylic acids is 1. The predicted molar refractivity (Wildman–Crippen MR) is 75.6 cm³/mol. The lowest BCUT2D eigenvalue weighted by atomic mass is 9.97. The number of rotatable bonds is 2. The van der Waals surface area contributed by atoms with Crippen molar-refractivity contribution < 1.29 is 14.7 Å². The molecule has 1 fully saturated rings. The van der Waals surface area contributed by atoms with Crippen molar-refractivity contribution in [2.24, 2.45) is 0 Å². The summed E-state index contributed by atoms with van der Waals surface area (Å²) in [5, 5.41) is 19.3. The van der Waals surface area contributed by atoms with E-state index in [0.29, 0.717) is 11.3 Å². The number of hydrogen-bond acceptors (Lipinski definition) is 5. The lowest BCUT2D eigenvalue weighted by molar-refractivity contribution is -0.150. The minimum Gasteiger partial charge on any atom is -0.479 e. The van der Waals surface area contributed by atoms with Crippen LogP contribution in [-0.2, 0) is 9.59 Å². The van der Waals surface area contributed by atoms with Gasteiger partial charge >= 0.3 is 5.97 Å². The van der Waals surface area contributed by atoms with Crippen molar-refractivity contribution in [2.75, 3.05) is 0 Å². The molecule has 6 nitrogen and oxygen atoms in total. The Labute approximate surface area is 124 Å². The number of pyridine rings is 1. The van der Waals surface area contributed by atoms with Crippen LogP contribution in [0.15, 0.2) is 41.0 Å². The maximum atomic E-state index is 12.2. The van der Waals surface area contributed by atoms with Gasteiger partial charge in [0.05, 0.1) is 22.9 Å². The molecule has 3 heterocycles. The Morgan fingerprint density at radius 3 is 2.95 bits per heavy atom. The van der Waals surface area contributed by atoms with Crippen LogP contribution in [-0.4, -0.2) is 38.3 Å². The van der Waals surface area contributed by atoms with Gasteiger partial charge < -0.3 is 10.0 Å². The Morgan fingerprint density at radius 2 is 2.33 bits per heavy atom. The van der Waals surface area contributed by atoms with Crippen LogP contribution in [0.2, 0.25) is 0 Å². The van der Waals surface area contributed by atoms with Crippen LogP contribution in [0.4, 0.5) is 0 Å². The van der Waals surface area contributed by atoms with Crippen molar-refractivity contribution >= 4 is 29.7 Å². The Hall–Kier alpha value is -2.59. The number of β-lactam (4-membered cyclic amide) rings is 1. The topological polar surface area (TPSA) is 94.3 Å². The van der Waals surface area contributed by atoms with E-state index in [-0.39, 0.29) is 16.9 Å². The highest BCUT2D eigenvalue weighted by atomic mass is 32.2. The maximum Gasteiger partial charge on any atom is 0.331 e. The number of aromatic nitrogens is 1. The fraction of sp³-hybridized carbons (Fsp3) is 0.143. The molecule has 2 aliphatic rings. The third-order valence-electron chi connectivity index (χ3n) is 3.25. The van der Waals surface area contributed by atoms with Crippen molar-refractivity contribution in [3.05, 3.63) is 46.6 Å². The molecule has 1 saturated heterocycles. The molecule has 2 aliphatic heterocycles. The van der Waals surface area contributed by atoms with Crippen LogP contribution in [0, 0.1) is 11.3 Å². The molecule has 1 aromatic heterocycles. The van der Waals surface area contributed by atoms with Crippen LogP contribution >= 0.6 is 11.8 Å². The van der Waals surface area contributed by atoms with Gasteiger partial charge in [-0.3, -0.25) is 9.78 Å². The van der Waals surface area contributed by atoms with Gasteiger partial charge in [0.1, 0.15) is 5.37 Å². The predicted octanol–water partition coefficient (Wildman–Crippen LogP) is 1.24. The number of amides is 1. The Balaban J connectivity index is 1.94. The molecule has 1 amide bonds. The van der Waals surface area contributed by atoms with Gasteiger partial charge in [-0.25, -0.2) is 4.79 Å². The molecule has 0 bridgehead atoms. The van der Waals surface area contributed by atoms with E-state index < -0.39 is 12.0 Å². The smallest absolute Gasteiger partial charge is 0.331 e. The maximum absolute atomic E-state index is 12.2. The fourth-order valence-electron chi connectivity index (χ4n) is 2.28. The largest absolute Gasteiger partial charge is 0.479 e. The monoisotopic (exact) mass is 299 g/mol. The van der Waals surface area contributed by atoms with Crippen molar-refractivity contribution in [1.82, 2.24) is 9.88 Å². The van der Waals surface area contributed by atoms with Gasteiger partial charge in [0.2, 0.25) is 0 Å². The number of thioether (sulfide) groups is 1. The quantitative estimate of drug-likeness (QED) is 0.652. The fourth-order valence-corrected chi connectivity index (χ4v) is 3.40. The van der Waals surface area contributed by atoms with Gasteiger partial charge in [0.15, 0.2) is 6.04 Å². The number of carbonyl (C=O) groups is 2. The first kappa shape index (κ1) is 13.4. The van der Waals surface area contributed by atoms with E-state index in [9.17, 15) is 14.7 Å². The molecule has 3 rings (SSSR count). The number of hydrogen-bond donors (Lipinski definition) is 1. The zero-order valence-electron chi connectivity index (χ0n) is 10.6. The molecule has 7 heteroatoms. The SMILES string of the molecule is N#CC1=CS[C@H]2C(=Cc3ccccn3)C(=O)N2C1C(=O)O. The molecule has 1 N–H and O–H groups in total. The van der Waals surface area contributed by atoms with Crippen molar-refractivity contribution in [3.8, 4) is 6.07 Å². The van der Waals surface area contributed by atoms with E-state index in [1.807, 2.05) is 12.1 Å². The molecule has 0 spiro atoms. The van der Waals surface area contributed by atoms with Gasteiger partial charge in [-0.15, -0.1) is 11.8 Å². The summed E-state index contributed by atoms with van der Waals surface area (Å²) in [6, 6.07) is 5.99. The molecule has 1 aromatic rings. The van der Waals surface area contributed by atoms with Gasteiger partial charge in [-0.05, 0) is 23.6 Å². The van der Waals surface area contributed by atoms with Crippen LogP contribution in [0.5, 0.6) is 0 Å². The zero-order chi connectivity index (χ0) is 15.0. The minimum absolute atomic E-state index is 0.0778. The minimum atomic E-state index is -1.20. The number of fused-ring (bicyclic) bond motifs is 1. The van der Waals surface area contributed by atoms with Crippen LogP contribution in [0.25, 0.3) is 6.08 Å². The van der Waals surface area contributed by atoms with E-state index in [1.54, 1.807) is 24.4 Å². The summed E-state index contributed by atoms with van der Waals surface area (Å²) in [4.78, 5) is 28.8. The molecule has 2 atom stereocenters. The first-order valence-corrected chi connectivity index (χ1v) is 7.01. The molecule has 104 valence electrons. The van der Waals surface area contributed by atoms with Gasteiger partial charge in [-0.2, -0.15) is 5.26 Å².